The van der Waals surface area contributed by atoms with Crippen molar-refractivity contribution in [1.82, 2.24) is 9.78 Å². The van der Waals surface area contributed by atoms with Crippen LogP contribution in [0.2, 0.25) is 0 Å². The van der Waals surface area contributed by atoms with Crippen molar-refractivity contribution in [2.45, 2.75) is 58.6 Å². The third-order valence-electron chi connectivity index (χ3n) is 4.01. The molecule has 2 rings (SSSR count). The Morgan fingerprint density at radius 2 is 2.21 bits per heavy atom. The quantitative estimate of drug-likeness (QED) is 0.877. The van der Waals surface area contributed by atoms with Gasteiger partial charge >= 0.3 is 0 Å². The average Bonchev–Trinajstić information content (AvgIpc) is 2.56. The molecule has 1 heterocycles. The number of anilines is 1. The van der Waals surface area contributed by atoms with Crippen molar-refractivity contribution < 1.29 is 9.90 Å². The predicted molar refractivity (Wildman–Crippen MR) is 73.9 cm³/mol. The minimum Gasteiger partial charge on any atom is -0.380 e. The number of amides is 1. The van der Waals surface area contributed by atoms with Crippen molar-refractivity contribution in [3.63, 3.8) is 0 Å². The lowest BCUT2D eigenvalue weighted by atomic mass is 9.73. The zero-order valence-electron chi connectivity index (χ0n) is 12.1. The minimum atomic E-state index is -1.30. The van der Waals surface area contributed by atoms with Crippen molar-refractivity contribution in [3.8, 4) is 0 Å². The Labute approximate surface area is 114 Å². The third kappa shape index (κ3) is 2.66. The molecule has 5 nitrogen and oxygen atoms in total. The fourth-order valence-corrected chi connectivity index (χ4v) is 2.47. The van der Waals surface area contributed by atoms with Crippen LogP contribution in [-0.4, -0.2) is 26.4 Å². The van der Waals surface area contributed by atoms with Crippen LogP contribution in [0.15, 0.2) is 6.07 Å². The van der Waals surface area contributed by atoms with E-state index < -0.39 is 5.60 Å². The van der Waals surface area contributed by atoms with E-state index in [1.54, 1.807) is 6.92 Å². The molecule has 0 unspecified atom stereocenters. The molecule has 19 heavy (non-hydrogen) atoms. The van der Waals surface area contributed by atoms with Gasteiger partial charge < -0.3 is 10.4 Å². The summed E-state index contributed by atoms with van der Waals surface area (Å²) in [4.78, 5) is 12.1. The highest BCUT2D eigenvalue weighted by molar-refractivity contribution is 5.96. The van der Waals surface area contributed by atoms with Crippen LogP contribution in [0.25, 0.3) is 0 Å². The first-order chi connectivity index (χ1) is 8.82. The van der Waals surface area contributed by atoms with E-state index in [0.717, 1.165) is 25.0 Å². The van der Waals surface area contributed by atoms with Gasteiger partial charge in [-0.3, -0.25) is 9.48 Å². The second-order valence-corrected chi connectivity index (χ2v) is 5.94. The fraction of sp³-hybridized carbons (Fsp3) is 0.714. The van der Waals surface area contributed by atoms with Crippen LogP contribution in [0.1, 0.15) is 51.8 Å². The highest BCUT2D eigenvalue weighted by atomic mass is 16.3. The summed E-state index contributed by atoms with van der Waals surface area (Å²) >= 11 is 0. The predicted octanol–water partition coefficient (Wildman–Crippen LogP) is 2.26. The van der Waals surface area contributed by atoms with Gasteiger partial charge in [-0.05, 0) is 46.5 Å². The molecule has 1 aliphatic rings. The van der Waals surface area contributed by atoms with Crippen LogP contribution in [0.5, 0.6) is 0 Å². The van der Waals surface area contributed by atoms with Gasteiger partial charge in [0, 0.05) is 17.8 Å². The van der Waals surface area contributed by atoms with Gasteiger partial charge in [0.05, 0.1) is 0 Å². The number of carbonyl (C=O) groups is 1. The van der Waals surface area contributed by atoms with E-state index in [1.807, 2.05) is 31.5 Å². The first-order valence-electron chi connectivity index (χ1n) is 6.92. The van der Waals surface area contributed by atoms with Crippen LogP contribution in [0, 0.1) is 12.8 Å². The van der Waals surface area contributed by atoms with E-state index >= 15 is 0 Å². The zero-order valence-corrected chi connectivity index (χ0v) is 12.1. The van der Waals surface area contributed by atoms with Crippen molar-refractivity contribution in [2.24, 2.45) is 5.92 Å². The van der Waals surface area contributed by atoms with Crippen molar-refractivity contribution in [2.75, 3.05) is 5.32 Å². The Balaban J connectivity index is 2.08. The minimum absolute atomic E-state index is 0.0702. The van der Waals surface area contributed by atoms with Gasteiger partial charge in [0.15, 0.2) is 5.82 Å². The average molecular weight is 265 g/mol. The van der Waals surface area contributed by atoms with Crippen LogP contribution >= 0.6 is 0 Å². The molecule has 1 saturated carbocycles. The molecular weight excluding hydrogens is 242 g/mol. The van der Waals surface area contributed by atoms with Crippen LogP contribution < -0.4 is 5.32 Å². The zero-order chi connectivity index (χ0) is 14.2. The van der Waals surface area contributed by atoms with E-state index in [9.17, 15) is 9.90 Å². The number of hydrogen-bond donors (Lipinski definition) is 2. The van der Waals surface area contributed by atoms with E-state index in [4.69, 9.17) is 0 Å². The number of aryl methyl sites for hydroxylation is 1. The van der Waals surface area contributed by atoms with Crippen molar-refractivity contribution in [3.05, 3.63) is 11.8 Å². The monoisotopic (exact) mass is 265 g/mol. The van der Waals surface area contributed by atoms with Crippen molar-refractivity contribution in [1.29, 1.82) is 0 Å². The van der Waals surface area contributed by atoms with Gasteiger partial charge in [-0.25, -0.2) is 0 Å². The maximum atomic E-state index is 12.1. The Hall–Kier alpha value is -1.36. The summed E-state index contributed by atoms with van der Waals surface area (Å²) in [5.74, 6) is 0.224. The summed E-state index contributed by atoms with van der Waals surface area (Å²) in [5, 5.41) is 17.4. The highest BCUT2D eigenvalue weighted by Gasteiger charge is 2.42. The molecule has 0 radical (unpaired) electrons. The molecule has 2 N–H and O–H groups in total. The van der Waals surface area contributed by atoms with E-state index in [1.165, 1.54) is 0 Å². The normalized spacial score (nSPS) is 19.1. The third-order valence-corrected chi connectivity index (χ3v) is 4.01. The van der Waals surface area contributed by atoms with Gasteiger partial charge in [-0.2, -0.15) is 5.10 Å². The van der Waals surface area contributed by atoms with Gasteiger partial charge in [0.2, 0.25) is 0 Å². The molecule has 1 amide bonds. The van der Waals surface area contributed by atoms with Gasteiger partial charge in [-0.15, -0.1) is 0 Å². The maximum Gasteiger partial charge on any atom is 0.257 e. The molecule has 1 aliphatic carbocycles. The summed E-state index contributed by atoms with van der Waals surface area (Å²) < 4.78 is 1.85. The molecule has 0 saturated heterocycles. The summed E-state index contributed by atoms with van der Waals surface area (Å²) in [5.41, 5.74) is -0.304. The van der Waals surface area contributed by atoms with E-state index in [2.05, 4.69) is 10.4 Å². The summed E-state index contributed by atoms with van der Waals surface area (Å²) in [7, 11) is 0. The number of nitrogens with one attached hydrogen (secondary N) is 1. The van der Waals surface area contributed by atoms with Gasteiger partial charge in [0.1, 0.15) is 5.60 Å². The van der Waals surface area contributed by atoms with E-state index in [-0.39, 0.29) is 17.9 Å². The lowest BCUT2D eigenvalue weighted by Crippen LogP contribution is -2.49. The standard InChI is InChI=1S/C14H23N3O2/c1-9(2)17-10(3)8-12(16-17)15-13(18)14(4,19)11-6-5-7-11/h8-9,11,19H,5-7H2,1-4H3,(H,15,16,18)/t14-/m0/s1. The summed E-state index contributed by atoms with van der Waals surface area (Å²) in [6.45, 7) is 7.62. The number of aliphatic hydroxyl groups is 1. The Morgan fingerprint density at radius 1 is 1.58 bits per heavy atom. The second kappa shape index (κ2) is 4.96. The molecule has 1 aromatic rings. The smallest absolute Gasteiger partial charge is 0.257 e. The van der Waals surface area contributed by atoms with Crippen LogP contribution in [0.3, 0.4) is 0 Å². The largest absolute Gasteiger partial charge is 0.380 e. The maximum absolute atomic E-state index is 12.1. The Kier molecular flexibility index (Phi) is 3.67. The summed E-state index contributed by atoms with van der Waals surface area (Å²) in [6.07, 6.45) is 2.93. The highest BCUT2D eigenvalue weighted by Crippen LogP contribution is 2.36. The number of rotatable bonds is 4. The SMILES string of the molecule is Cc1cc(NC(=O)[C@@](C)(O)C2CCC2)nn1C(C)C. The molecule has 0 aromatic carbocycles. The molecule has 5 heteroatoms. The molecule has 1 aromatic heterocycles. The molecule has 0 bridgehead atoms. The van der Waals surface area contributed by atoms with Crippen LogP contribution in [0.4, 0.5) is 5.82 Å². The topological polar surface area (TPSA) is 67.2 Å². The first kappa shape index (κ1) is 14.1. The molecular formula is C14H23N3O2. The molecule has 1 fully saturated rings. The van der Waals surface area contributed by atoms with Gasteiger partial charge in [0.25, 0.3) is 5.91 Å². The molecule has 0 spiro atoms. The fourth-order valence-electron chi connectivity index (χ4n) is 2.47. The Bertz CT molecular complexity index is 473. The second-order valence-electron chi connectivity index (χ2n) is 5.94. The number of nitrogens with zero attached hydrogens (tertiary/aromatic N) is 2. The molecule has 0 aliphatic heterocycles. The summed E-state index contributed by atoms with van der Waals surface area (Å²) in [6, 6.07) is 2.08. The van der Waals surface area contributed by atoms with Gasteiger partial charge in [-0.1, -0.05) is 6.42 Å². The lowest BCUT2D eigenvalue weighted by molar-refractivity contribution is -0.141. The first-order valence-corrected chi connectivity index (χ1v) is 6.92. The van der Waals surface area contributed by atoms with Crippen LogP contribution in [-0.2, 0) is 4.79 Å². The van der Waals surface area contributed by atoms with Crippen molar-refractivity contribution >= 4 is 11.7 Å². The molecule has 1 atom stereocenters. The van der Waals surface area contributed by atoms with E-state index in [0.29, 0.717) is 5.82 Å². The molecule has 106 valence electrons. The Morgan fingerprint density at radius 3 is 2.63 bits per heavy atom. The number of hydrogen-bond acceptors (Lipinski definition) is 3. The number of carbonyl (C=O) groups excluding carboxylic acids is 1. The lowest BCUT2D eigenvalue weighted by Gasteiger charge is -2.37. The number of aromatic nitrogens is 2.